The van der Waals surface area contributed by atoms with Crippen molar-refractivity contribution in [3.63, 3.8) is 0 Å². The third-order valence-corrected chi connectivity index (χ3v) is 3.55. The fourth-order valence-electron chi connectivity index (χ4n) is 1.98. The standard InChI is InChI=1S/C14H17BrN2O2/c1-3-9(2)17-12(8-16)10-6-11(15)14-13(7-10)18-4-5-19-14/h1,6-7,9,12,17H,4-5,8,16H2,2H3. The molecule has 0 spiro atoms. The second-order valence-corrected chi connectivity index (χ2v) is 5.22. The molecule has 0 amide bonds. The molecule has 2 unspecified atom stereocenters. The molecular weight excluding hydrogens is 308 g/mol. The largest absolute Gasteiger partial charge is 0.486 e. The molecule has 19 heavy (non-hydrogen) atoms. The predicted molar refractivity (Wildman–Crippen MR) is 78.4 cm³/mol. The van der Waals surface area contributed by atoms with E-state index in [0.29, 0.717) is 19.8 Å². The Morgan fingerprint density at radius 1 is 1.47 bits per heavy atom. The van der Waals surface area contributed by atoms with E-state index in [0.717, 1.165) is 21.5 Å². The van der Waals surface area contributed by atoms with Crippen molar-refractivity contribution in [2.75, 3.05) is 19.8 Å². The van der Waals surface area contributed by atoms with Gasteiger partial charge >= 0.3 is 0 Å². The summed E-state index contributed by atoms with van der Waals surface area (Å²) in [6.07, 6.45) is 5.39. The van der Waals surface area contributed by atoms with E-state index in [4.69, 9.17) is 21.6 Å². The zero-order valence-corrected chi connectivity index (χ0v) is 12.4. The SMILES string of the molecule is C#CC(C)NC(CN)c1cc(Br)c2c(c1)OCCO2. The highest BCUT2D eigenvalue weighted by atomic mass is 79.9. The number of nitrogens with two attached hydrogens (primary N) is 1. The quantitative estimate of drug-likeness (QED) is 0.830. The molecule has 1 aromatic carbocycles. The van der Waals surface area contributed by atoms with E-state index >= 15 is 0 Å². The molecule has 0 saturated carbocycles. The molecule has 2 atom stereocenters. The van der Waals surface area contributed by atoms with E-state index in [1.165, 1.54) is 0 Å². The van der Waals surface area contributed by atoms with E-state index in [-0.39, 0.29) is 12.1 Å². The first-order chi connectivity index (χ1) is 9.15. The molecule has 0 bridgehead atoms. The Hall–Kier alpha value is -1.22. The van der Waals surface area contributed by atoms with Gasteiger partial charge in [-0.15, -0.1) is 6.42 Å². The Kier molecular flexibility index (Phi) is 4.70. The molecule has 0 aliphatic carbocycles. The monoisotopic (exact) mass is 324 g/mol. The topological polar surface area (TPSA) is 56.5 Å². The van der Waals surface area contributed by atoms with Gasteiger partial charge < -0.3 is 15.2 Å². The van der Waals surface area contributed by atoms with Crippen molar-refractivity contribution in [1.82, 2.24) is 5.32 Å². The molecule has 2 rings (SSSR count). The van der Waals surface area contributed by atoms with Crippen molar-refractivity contribution in [3.05, 3.63) is 22.2 Å². The lowest BCUT2D eigenvalue weighted by atomic mass is 10.0. The summed E-state index contributed by atoms with van der Waals surface area (Å²) in [5.74, 6) is 4.13. The third-order valence-electron chi connectivity index (χ3n) is 2.96. The van der Waals surface area contributed by atoms with Crippen LogP contribution in [0.15, 0.2) is 16.6 Å². The van der Waals surface area contributed by atoms with Crippen molar-refractivity contribution in [2.24, 2.45) is 5.73 Å². The van der Waals surface area contributed by atoms with Crippen LogP contribution >= 0.6 is 15.9 Å². The number of hydrogen-bond acceptors (Lipinski definition) is 4. The summed E-state index contributed by atoms with van der Waals surface area (Å²) in [5.41, 5.74) is 6.84. The maximum atomic E-state index is 5.82. The number of hydrogen-bond donors (Lipinski definition) is 2. The van der Waals surface area contributed by atoms with Gasteiger partial charge in [-0.05, 0) is 40.5 Å². The number of halogens is 1. The van der Waals surface area contributed by atoms with Crippen LogP contribution in [-0.2, 0) is 0 Å². The van der Waals surface area contributed by atoms with Gasteiger partial charge in [0.05, 0.1) is 10.5 Å². The Labute approximate surface area is 121 Å². The molecule has 0 fully saturated rings. The van der Waals surface area contributed by atoms with Gasteiger partial charge in [-0.25, -0.2) is 0 Å². The van der Waals surface area contributed by atoms with Crippen LogP contribution in [0.4, 0.5) is 0 Å². The van der Waals surface area contributed by atoms with Crippen LogP contribution in [0, 0.1) is 12.3 Å². The number of benzene rings is 1. The van der Waals surface area contributed by atoms with Crippen LogP contribution in [0.3, 0.4) is 0 Å². The summed E-state index contributed by atoms with van der Waals surface area (Å²) in [6, 6.07) is 3.88. The Bertz CT molecular complexity index is 499. The molecule has 0 aromatic heterocycles. The molecule has 0 saturated heterocycles. The van der Waals surface area contributed by atoms with Crippen molar-refractivity contribution in [3.8, 4) is 23.8 Å². The molecule has 102 valence electrons. The summed E-state index contributed by atoms with van der Waals surface area (Å²) >= 11 is 3.50. The van der Waals surface area contributed by atoms with Crippen molar-refractivity contribution in [1.29, 1.82) is 0 Å². The second kappa shape index (κ2) is 6.29. The van der Waals surface area contributed by atoms with Crippen LogP contribution in [0.1, 0.15) is 18.5 Å². The van der Waals surface area contributed by atoms with Crippen molar-refractivity contribution in [2.45, 2.75) is 19.0 Å². The molecule has 5 heteroatoms. The lowest BCUT2D eigenvalue weighted by Gasteiger charge is -2.24. The molecule has 1 aromatic rings. The first-order valence-electron chi connectivity index (χ1n) is 6.17. The van der Waals surface area contributed by atoms with Gasteiger partial charge in [0.15, 0.2) is 11.5 Å². The zero-order chi connectivity index (χ0) is 13.8. The second-order valence-electron chi connectivity index (χ2n) is 4.37. The number of terminal acetylenes is 1. The fourth-order valence-corrected chi connectivity index (χ4v) is 2.56. The summed E-state index contributed by atoms with van der Waals surface area (Å²) in [4.78, 5) is 0. The molecule has 4 nitrogen and oxygen atoms in total. The van der Waals surface area contributed by atoms with Crippen LogP contribution < -0.4 is 20.5 Å². The van der Waals surface area contributed by atoms with Gasteiger partial charge in [0.1, 0.15) is 13.2 Å². The maximum absolute atomic E-state index is 5.82. The minimum Gasteiger partial charge on any atom is -0.486 e. The van der Waals surface area contributed by atoms with Gasteiger partial charge in [0.2, 0.25) is 0 Å². The Morgan fingerprint density at radius 3 is 2.89 bits per heavy atom. The average Bonchev–Trinajstić information content (AvgIpc) is 2.44. The first kappa shape index (κ1) is 14.2. The highest BCUT2D eigenvalue weighted by Crippen LogP contribution is 2.39. The molecule has 0 radical (unpaired) electrons. The Morgan fingerprint density at radius 2 is 2.21 bits per heavy atom. The van der Waals surface area contributed by atoms with E-state index in [2.05, 4.69) is 27.2 Å². The number of rotatable bonds is 4. The van der Waals surface area contributed by atoms with Gasteiger partial charge in [-0.1, -0.05) is 5.92 Å². The summed E-state index contributed by atoms with van der Waals surface area (Å²) in [6.45, 7) is 3.51. The van der Waals surface area contributed by atoms with Gasteiger partial charge in [0.25, 0.3) is 0 Å². The first-order valence-corrected chi connectivity index (χ1v) is 6.96. The van der Waals surface area contributed by atoms with E-state index in [1.54, 1.807) is 0 Å². The van der Waals surface area contributed by atoms with Crippen LogP contribution in [0.25, 0.3) is 0 Å². The summed E-state index contributed by atoms with van der Waals surface area (Å²) < 4.78 is 12.0. The minimum atomic E-state index is -0.0412. The summed E-state index contributed by atoms with van der Waals surface area (Å²) in [5, 5.41) is 3.29. The number of ether oxygens (including phenoxy) is 2. The van der Waals surface area contributed by atoms with Crippen LogP contribution in [0.5, 0.6) is 11.5 Å². The van der Waals surface area contributed by atoms with E-state index in [9.17, 15) is 0 Å². The Balaban J connectivity index is 2.28. The minimum absolute atomic E-state index is 0.0156. The normalized spacial score (nSPS) is 16.5. The van der Waals surface area contributed by atoms with Crippen LogP contribution in [0.2, 0.25) is 0 Å². The van der Waals surface area contributed by atoms with Crippen molar-refractivity contribution >= 4 is 15.9 Å². The zero-order valence-electron chi connectivity index (χ0n) is 10.8. The molecule has 3 N–H and O–H groups in total. The molecule has 1 aliphatic rings. The van der Waals surface area contributed by atoms with Crippen LogP contribution in [-0.4, -0.2) is 25.8 Å². The van der Waals surface area contributed by atoms with Gasteiger partial charge in [-0.2, -0.15) is 0 Å². The maximum Gasteiger partial charge on any atom is 0.175 e. The van der Waals surface area contributed by atoms with Gasteiger partial charge in [-0.3, -0.25) is 5.32 Å². The molecular formula is C14H17BrN2O2. The molecule has 1 heterocycles. The third kappa shape index (κ3) is 3.21. The van der Waals surface area contributed by atoms with Gasteiger partial charge in [0, 0.05) is 12.6 Å². The lowest BCUT2D eigenvalue weighted by molar-refractivity contribution is 0.170. The van der Waals surface area contributed by atoms with E-state index < -0.39 is 0 Å². The number of nitrogens with one attached hydrogen (secondary N) is 1. The fraction of sp³-hybridized carbons (Fsp3) is 0.429. The highest BCUT2D eigenvalue weighted by Gasteiger charge is 2.20. The molecule has 1 aliphatic heterocycles. The average molecular weight is 325 g/mol. The van der Waals surface area contributed by atoms with E-state index in [1.807, 2.05) is 19.1 Å². The number of fused-ring (bicyclic) bond motifs is 1. The summed E-state index contributed by atoms with van der Waals surface area (Å²) in [7, 11) is 0. The highest BCUT2D eigenvalue weighted by molar-refractivity contribution is 9.10. The predicted octanol–water partition coefficient (Wildman–Crippen LogP) is 1.83. The van der Waals surface area contributed by atoms with Crippen molar-refractivity contribution < 1.29 is 9.47 Å². The lowest BCUT2D eigenvalue weighted by Crippen LogP contribution is -2.34. The smallest absolute Gasteiger partial charge is 0.175 e.